The highest BCUT2D eigenvalue weighted by atomic mass is 16.3. The van der Waals surface area contributed by atoms with E-state index in [2.05, 4.69) is 19.2 Å². The number of nitrogens with one attached hydrogen (secondary N) is 1. The van der Waals surface area contributed by atoms with Crippen molar-refractivity contribution in [3.63, 3.8) is 0 Å². The maximum atomic E-state index is 9.55. The number of rotatable bonds is 5. The number of aliphatic hydroxyl groups is 1. The Balaban J connectivity index is 1.66. The lowest BCUT2D eigenvalue weighted by Gasteiger charge is -2.31. The van der Waals surface area contributed by atoms with Crippen LogP contribution in [0.4, 0.5) is 0 Å². The lowest BCUT2D eigenvalue weighted by Crippen LogP contribution is -2.37. The third kappa shape index (κ3) is 4.55. The summed E-state index contributed by atoms with van der Waals surface area (Å²) in [7, 11) is 0. The van der Waals surface area contributed by atoms with Crippen molar-refractivity contribution in [3.8, 4) is 0 Å². The molecule has 2 aliphatic carbocycles. The highest BCUT2D eigenvalue weighted by Crippen LogP contribution is 2.30. The molecule has 0 aromatic heterocycles. The van der Waals surface area contributed by atoms with Gasteiger partial charge < -0.3 is 10.4 Å². The lowest BCUT2D eigenvalue weighted by atomic mass is 9.81. The van der Waals surface area contributed by atoms with E-state index < -0.39 is 0 Å². The van der Waals surface area contributed by atoms with E-state index in [4.69, 9.17) is 0 Å². The van der Waals surface area contributed by atoms with Crippen LogP contribution in [0, 0.1) is 17.8 Å². The van der Waals surface area contributed by atoms with Crippen molar-refractivity contribution >= 4 is 0 Å². The first kappa shape index (κ1) is 14.3. The summed E-state index contributed by atoms with van der Waals surface area (Å²) in [4.78, 5) is 0. The summed E-state index contributed by atoms with van der Waals surface area (Å²) in [6, 6.07) is 0.750. The lowest BCUT2D eigenvalue weighted by molar-refractivity contribution is 0.176. The predicted molar refractivity (Wildman–Crippen MR) is 76.6 cm³/mol. The van der Waals surface area contributed by atoms with E-state index in [1.54, 1.807) is 0 Å². The summed E-state index contributed by atoms with van der Waals surface area (Å²) in [5.74, 6) is 2.52. The first-order valence-corrected chi connectivity index (χ1v) is 8.05. The van der Waals surface area contributed by atoms with Crippen LogP contribution in [-0.4, -0.2) is 23.8 Å². The summed E-state index contributed by atoms with van der Waals surface area (Å²) in [6.07, 6.45) is 10.2. The fourth-order valence-corrected chi connectivity index (χ4v) is 3.92. The maximum Gasteiger partial charge on any atom is 0.0543 e. The molecule has 4 unspecified atom stereocenters. The van der Waals surface area contributed by atoms with Crippen LogP contribution in [0.25, 0.3) is 0 Å². The molecule has 2 N–H and O–H groups in total. The van der Waals surface area contributed by atoms with Gasteiger partial charge in [0.05, 0.1) is 6.10 Å². The average molecular weight is 253 g/mol. The largest absolute Gasteiger partial charge is 0.393 e. The zero-order valence-electron chi connectivity index (χ0n) is 12.2. The fourth-order valence-electron chi connectivity index (χ4n) is 3.92. The van der Waals surface area contributed by atoms with E-state index in [1.807, 2.05) is 0 Å². The first-order valence-electron chi connectivity index (χ1n) is 8.05. The Morgan fingerprint density at radius 1 is 1.06 bits per heavy atom. The fraction of sp³-hybridized carbons (Fsp3) is 1.00. The topological polar surface area (TPSA) is 32.3 Å². The normalized spacial score (nSPS) is 37.3. The van der Waals surface area contributed by atoms with Crippen molar-refractivity contribution in [2.75, 3.05) is 6.54 Å². The number of aliphatic hydroxyl groups excluding tert-OH is 1. The second kappa shape index (κ2) is 6.91. The van der Waals surface area contributed by atoms with Gasteiger partial charge in [-0.2, -0.15) is 0 Å². The standard InChI is InChI=1S/C16H31NO/c1-12(2)8-13-4-3-5-15(9-13)17-11-14-6-7-16(18)10-14/h12-18H,3-11H2,1-2H3. The van der Waals surface area contributed by atoms with Gasteiger partial charge in [-0.3, -0.25) is 0 Å². The zero-order chi connectivity index (χ0) is 13.0. The van der Waals surface area contributed by atoms with Gasteiger partial charge in [0.2, 0.25) is 0 Å². The predicted octanol–water partition coefficient (Wildman–Crippen LogP) is 3.34. The molecule has 2 aliphatic rings. The van der Waals surface area contributed by atoms with Gasteiger partial charge in [0.1, 0.15) is 0 Å². The van der Waals surface area contributed by atoms with Gasteiger partial charge in [-0.25, -0.2) is 0 Å². The van der Waals surface area contributed by atoms with Crippen molar-refractivity contribution < 1.29 is 5.11 Å². The third-order valence-corrected chi connectivity index (χ3v) is 4.80. The third-order valence-electron chi connectivity index (χ3n) is 4.80. The van der Waals surface area contributed by atoms with E-state index in [0.29, 0.717) is 0 Å². The molecule has 0 heterocycles. The maximum absolute atomic E-state index is 9.55. The first-order chi connectivity index (χ1) is 8.63. The summed E-state index contributed by atoms with van der Waals surface area (Å²) in [5, 5.41) is 13.3. The monoisotopic (exact) mass is 253 g/mol. The highest BCUT2D eigenvalue weighted by molar-refractivity contribution is 4.82. The molecular weight excluding hydrogens is 222 g/mol. The molecule has 2 saturated carbocycles. The quantitative estimate of drug-likeness (QED) is 0.787. The molecule has 0 amide bonds. The zero-order valence-corrected chi connectivity index (χ0v) is 12.2. The minimum absolute atomic E-state index is 0.0168. The van der Waals surface area contributed by atoms with E-state index in [9.17, 15) is 5.11 Å². The summed E-state index contributed by atoms with van der Waals surface area (Å²) in [6.45, 7) is 5.82. The molecule has 0 aromatic rings. The van der Waals surface area contributed by atoms with Crippen molar-refractivity contribution in [3.05, 3.63) is 0 Å². The molecule has 0 radical (unpaired) electrons. The number of hydrogen-bond donors (Lipinski definition) is 2. The summed E-state index contributed by atoms with van der Waals surface area (Å²) >= 11 is 0. The van der Waals surface area contributed by atoms with Crippen molar-refractivity contribution in [2.24, 2.45) is 17.8 Å². The molecule has 2 rings (SSSR count). The molecule has 0 aliphatic heterocycles. The van der Waals surface area contributed by atoms with Crippen molar-refractivity contribution in [1.29, 1.82) is 0 Å². The molecule has 4 atom stereocenters. The minimum atomic E-state index is -0.0168. The van der Waals surface area contributed by atoms with Crippen LogP contribution in [0.5, 0.6) is 0 Å². The van der Waals surface area contributed by atoms with Gasteiger partial charge in [-0.15, -0.1) is 0 Å². The van der Waals surface area contributed by atoms with Gasteiger partial charge in [0.15, 0.2) is 0 Å². The molecule has 0 aromatic carbocycles. The molecule has 0 saturated heterocycles. The van der Waals surface area contributed by atoms with Crippen LogP contribution in [0.15, 0.2) is 0 Å². The van der Waals surface area contributed by atoms with Crippen LogP contribution < -0.4 is 5.32 Å². The van der Waals surface area contributed by atoms with Gasteiger partial charge >= 0.3 is 0 Å². The van der Waals surface area contributed by atoms with E-state index in [-0.39, 0.29) is 6.10 Å². The Labute approximate surface area is 113 Å². The molecule has 0 spiro atoms. The van der Waals surface area contributed by atoms with Crippen LogP contribution in [0.1, 0.15) is 65.2 Å². The van der Waals surface area contributed by atoms with E-state index in [0.717, 1.165) is 43.2 Å². The Morgan fingerprint density at radius 2 is 1.89 bits per heavy atom. The van der Waals surface area contributed by atoms with Gasteiger partial charge in [0, 0.05) is 6.04 Å². The van der Waals surface area contributed by atoms with E-state index in [1.165, 1.54) is 38.5 Å². The molecule has 2 fully saturated rings. The summed E-state index contributed by atoms with van der Waals surface area (Å²) < 4.78 is 0. The van der Waals surface area contributed by atoms with Gasteiger partial charge in [-0.05, 0) is 62.8 Å². The van der Waals surface area contributed by atoms with Crippen molar-refractivity contribution in [2.45, 2.75) is 77.4 Å². The van der Waals surface area contributed by atoms with Crippen LogP contribution >= 0.6 is 0 Å². The molecular formula is C16H31NO. The Morgan fingerprint density at radius 3 is 2.56 bits per heavy atom. The van der Waals surface area contributed by atoms with E-state index >= 15 is 0 Å². The van der Waals surface area contributed by atoms with Crippen LogP contribution in [0.2, 0.25) is 0 Å². The molecule has 2 heteroatoms. The minimum Gasteiger partial charge on any atom is -0.393 e. The second-order valence-corrected chi connectivity index (χ2v) is 7.10. The van der Waals surface area contributed by atoms with Crippen LogP contribution in [-0.2, 0) is 0 Å². The summed E-state index contributed by atoms with van der Waals surface area (Å²) in [5.41, 5.74) is 0. The Bertz CT molecular complexity index is 241. The molecule has 18 heavy (non-hydrogen) atoms. The SMILES string of the molecule is CC(C)CC1CCCC(NCC2CCC(O)C2)C1. The average Bonchev–Trinajstić information content (AvgIpc) is 2.72. The van der Waals surface area contributed by atoms with Crippen LogP contribution in [0.3, 0.4) is 0 Å². The molecule has 106 valence electrons. The molecule has 0 bridgehead atoms. The second-order valence-electron chi connectivity index (χ2n) is 7.10. The Hall–Kier alpha value is -0.0800. The smallest absolute Gasteiger partial charge is 0.0543 e. The van der Waals surface area contributed by atoms with Gasteiger partial charge in [-0.1, -0.05) is 26.7 Å². The molecule has 2 nitrogen and oxygen atoms in total. The number of hydrogen-bond acceptors (Lipinski definition) is 2. The Kier molecular flexibility index (Phi) is 5.50. The van der Waals surface area contributed by atoms with Crippen molar-refractivity contribution in [1.82, 2.24) is 5.32 Å². The highest BCUT2D eigenvalue weighted by Gasteiger charge is 2.26. The van der Waals surface area contributed by atoms with Gasteiger partial charge in [0.25, 0.3) is 0 Å².